The van der Waals surface area contributed by atoms with Crippen molar-refractivity contribution >= 4 is 10.0 Å². The second-order valence-corrected chi connectivity index (χ2v) is 7.16. The molecule has 22 heavy (non-hydrogen) atoms. The van der Waals surface area contributed by atoms with Crippen LogP contribution in [0.4, 0.5) is 0 Å². The summed E-state index contributed by atoms with van der Waals surface area (Å²) in [5.41, 5.74) is 2.17. The molecule has 0 aliphatic carbocycles. The van der Waals surface area contributed by atoms with Gasteiger partial charge < -0.3 is 4.74 Å². The highest BCUT2D eigenvalue weighted by Crippen LogP contribution is 2.17. The second kappa shape index (κ2) is 6.94. The lowest BCUT2D eigenvalue weighted by Gasteiger charge is -2.09. The first-order valence-electron chi connectivity index (χ1n) is 7.15. The Balaban J connectivity index is 2.05. The molecule has 1 N–H and O–H groups in total. The van der Waals surface area contributed by atoms with E-state index in [9.17, 15) is 8.42 Å². The van der Waals surface area contributed by atoms with Crippen molar-refractivity contribution in [2.75, 3.05) is 7.11 Å². The minimum atomic E-state index is -3.52. The van der Waals surface area contributed by atoms with E-state index < -0.39 is 10.0 Å². The zero-order valence-corrected chi connectivity index (χ0v) is 13.9. The minimum Gasteiger partial charge on any atom is -0.497 e. The van der Waals surface area contributed by atoms with Crippen LogP contribution in [0.15, 0.2) is 53.4 Å². The van der Waals surface area contributed by atoms with E-state index in [1.807, 2.05) is 24.3 Å². The molecule has 2 aromatic rings. The molecule has 5 heteroatoms. The fraction of sp³-hybridized carbons (Fsp3) is 0.294. The number of rotatable bonds is 6. The molecule has 0 aliphatic rings. The van der Waals surface area contributed by atoms with Crippen molar-refractivity contribution in [3.05, 3.63) is 59.7 Å². The molecule has 0 saturated heterocycles. The number of hydrogen-bond donors (Lipinski definition) is 1. The molecule has 0 spiro atoms. The first-order chi connectivity index (χ1) is 10.4. The molecule has 2 aromatic carbocycles. The summed E-state index contributed by atoms with van der Waals surface area (Å²) >= 11 is 0. The van der Waals surface area contributed by atoms with Gasteiger partial charge in [0.15, 0.2) is 0 Å². The van der Waals surface area contributed by atoms with Crippen LogP contribution in [0.2, 0.25) is 0 Å². The zero-order valence-electron chi connectivity index (χ0n) is 13.0. The third-order valence-electron chi connectivity index (χ3n) is 3.48. The maximum absolute atomic E-state index is 12.2. The third-order valence-corrected chi connectivity index (χ3v) is 4.90. The molecule has 118 valence electrons. The molecular weight excluding hydrogens is 298 g/mol. The van der Waals surface area contributed by atoms with Crippen LogP contribution in [-0.4, -0.2) is 15.5 Å². The molecule has 0 aromatic heterocycles. The topological polar surface area (TPSA) is 55.4 Å². The normalized spacial score (nSPS) is 11.6. The van der Waals surface area contributed by atoms with Crippen molar-refractivity contribution in [2.24, 2.45) is 0 Å². The van der Waals surface area contributed by atoms with Gasteiger partial charge in [0.25, 0.3) is 0 Å². The van der Waals surface area contributed by atoms with Crippen LogP contribution in [0, 0.1) is 0 Å². The molecule has 0 unspecified atom stereocenters. The average molecular weight is 319 g/mol. The summed E-state index contributed by atoms with van der Waals surface area (Å²) in [6.07, 6.45) is 0. The van der Waals surface area contributed by atoms with Crippen molar-refractivity contribution in [1.29, 1.82) is 0 Å². The lowest BCUT2D eigenvalue weighted by atomic mass is 10.0. The Kier molecular flexibility index (Phi) is 5.21. The summed E-state index contributed by atoms with van der Waals surface area (Å²) < 4.78 is 32.1. The molecule has 0 fully saturated rings. The second-order valence-electron chi connectivity index (χ2n) is 5.40. The van der Waals surface area contributed by atoms with E-state index in [0.717, 1.165) is 5.56 Å². The number of nitrogens with one attached hydrogen (secondary N) is 1. The van der Waals surface area contributed by atoms with Crippen molar-refractivity contribution in [1.82, 2.24) is 4.72 Å². The van der Waals surface area contributed by atoms with Crippen LogP contribution in [0.1, 0.15) is 30.9 Å². The number of methoxy groups -OCH3 is 1. The molecule has 0 radical (unpaired) electrons. The Morgan fingerprint density at radius 1 is 1.00 bits per heavy atom. The summed E-state index contributed by atoms with van der Waals surface area (Å²) in [4.78, 5) is 0.229. The summed E-state index contributed by atoms with van der Waals surface area (Å²) in [6, 6.07) is 14.3. The standard InChI is InChI=1S/C17H21NO3S/c1-13(2)15-6-4-14(5-7-15)12-18-22(19,20)17-10-8-16(21-3)9-11-17/h4-11,13,18H,12H2,1-3H3. The van der Waals surface area contributed by atoms with Gasteiger partial charge in [0.05, 0.1) is 12.0 Å². The summed E-state index contributed by atoms with van der Waals surface area (Å²) in [7, 11) is -1.97. The maximum atomic E-state index is 12.2. The van der Waals surface area contributed by atoms with Crippen LogP contribution in [-0.2, 0) is 16.6 Å². The van der Waals surface area contributed by atoms with E-state index >= 15 is 0 Å². The molecule has 2 rings (SSSR count). The Morgan fingerprint density at radius 2 is 1.59 bits per heavy atom. The van der Waals surface area contributed by atoms with Gasteiger partial charge >= 0.3 is 0 Å². The SMILES string of the molecule is COc1ccc(S(=O)(=O)NCc2ccc(C(C)C)cc2)cc1. The Bertz CT molecular complexity index is 705. The minimum absolute atomic E-state index is 0.229. The largest absolute Gasteiger partial charge is 0.497 e. The average Bonchev–Trinajstić information content (AvgIpc) is 2.53. The van der Waals surface area contributed by atoms with E-state index in [0.29, 0.717) is 11.7 Å². The Hall–Kier alpha value is -1.85. The predicted molar refractivity (Wildman–Crippen MR) is 87.6 cm³/mol. The highest BCUT2D eigenvalue weighted by atomic mass is 32.2. The quantitative estimate of drug-likeness (QED) is 0.889. The van der Waals surface area contributed by atoms with Crippen LogP contribution >= 0.6 is 0 Å². The lowest BCUT2D eigenvalue weighted by Crippen LogP contribution is -2.23. The van der Waals surface area contributed by atoms with E-state index in [2.05, 4.69) is 18.6 Å². The predicted octanol–water partition coefficient (Wildman–Crippen LogP) is 3.30. The molecule has 4 nitrogen and oxygen atoms in total. The molecule has 0 aliphatic heterocycles. The summed E-state index contributed by atoms with van der Waals surface area (Å²) in [6.45, 7) is 4.52. The van der Waals surface area contributed by atoms with Gasteiger partial charge in [-0.15, -0.1) is 0 Å². The van der Waals surface area contributed by atoms with E-state index in [1.165, 1.54) is 17.7 Å². The van der Waals surface area contributed by atoms with Gasteiger partial charge in [-0.2, -0.15) is 0 Å². The van der Waals surface area contributed by atoms with E-state index in [1.54, 1.807) is 19.2 Å². The van der Waals surface area contributed by atoms with Crippen molar-refractivity contribution in [3.63, 3.8) is 0 Å². The first-order valence-corrected chi connectivity index (χ1v) is 8.63. The molecule has 0 amide bonds. The number of ether oxygens (including phenoxy) is 1. The number of sulfonamides is 1. The maximum Gasteiger partial charge on any atom is 0.240 e. The molecule has 0 atom stereocenters. The monoisotopic (exact) mass is 319 g/mol. The van der Waals surface area contributed by atoms with Crippen molar-refractivity contribution in [2.45, 2.75) is 31.2 Å². The van der Waals surface area contributed by atoms with Gasteiger partial charge in [-0.3, -0.25) is 0 Å². The third kappa shape index (κ3) is 4.08. The van der Waals surface area contributed by atoms with E-state index in [4.69, 9.17) is 4.74 Å². The van der Waals surface area contributed by atoms with Gasteiger partial charge in [-0.1, -0.05) is 38.1 Å². The van der Waals surface area contributed by atoms with Crippen LogP contribution in [0.3, 0.4) is 0 Å². The highest BCUT2D eigenvalue weighted by Gasteiger charge is 2.13. The van der Waals surface area contributed by atoms with Gasteiger partial charge in [0.2, 0.25) is 10.0 Å². The lowest BCUT2D eigenvalue weighted by molar-refractivity contribution is 0.414. The Morgan fingerprint density at radius 3 is 2.09 bits per heavy atom. The van der Waals surface area contributed by atoms with Gasteiger partial charge in [-0.25, -0.2) is 13.1 Å². The summed E-state index contributed by atoms with van der Waals surface area (Å²) in [5.74, 6) is 1.09. The fourth-order valence-electron chi connectivity index (χ4n) is 2.04. The molecule has 0 bridgehead atoms. The highest BCUT2D eigenvalue weighted by molar-refractivity contribution is 7.89. The molecule has 0 heterocycles. The first kappa shape index (κ1) is 16.5. The molecular formula is C17H21NO3S. The number of hydrogen-bond acceptors (Lipinski definition) is 3. The van der Waals surface area contributed by atoms with Gasteiger partial charge in [0.1, 0.15) is 5.75 Å². The molecule has 0 saturated carbocycles. The smallest absolute Gasteiger partial charge is 0.240 e. The fourth-order valence-corrected chi connectivity index (χ4v) is 3.05. The summed E-state index contributed by atoms with van der Waals surface area (Å²) in [5, 5.41) is 0. The Labute approximate surface area is 132 Å². The van der Waals surface area contributed by atoms with Crippen molar-refractivity contribution in [3.8, 4) is 5.75 Å². The zero-order chi connectivity index (χ0) is 16.2. The van der Waals surface area contributed by atoms with E-state index in [-0.39, 0.29) is 11.4 Å². The van der Waals surface area contributed by atoms with Gasteiger partial charge in [0, 0.05) is 6.54 Å². The van der Waals surface area contributed by atoms with Crippen LogP contribution in [0.5, 0.6) is 5.75 Å². The van der Waals surface area contributed by atoms with Crippen LogP contribution in [0.25, 0.3) is 0 Å². The van der Waals surface area contributed by atoms with Crippen LogP contribution < -0.4 is 9.46 Å². The van der Waals surface area contributed by atoms with Crippen molar-refractivity contribution < 1.29 is 13.2 Å². The number of benzene rings is 2. The van der Waals surface area contributed by atoms with Gasteiger partial charge in [-0.05, 0) is 41.3 Å².